The Kier molecular flexibility index (Phi) is 4.62. The Labute approximate surface area is 166 Å². The molecule has 1 spiro atoms. The van der Waals surface area contributed by atoms with Crippen molar-refractivity contribution in [1.29, 1.82) is 0 Å². The molecule has 0 radical (unpaired) electrons. The fraction of sp³-hybridized carbons (Fsp3) is 0.316. The Bertz CT molecular complexity index is 1100. The summed E-state index contributed by atoms with van der Waals surface area (Å²) in [5, 5.41) is 9.17. The average molecular weight is 419 g/mol. The van der Waals surface area contributed by atoms with Crippen molar-refractivity contribution >= 4 is 27.6 Å². The van der Waals surface area contributed by atoms with Gasteiger partial charge >= 0.3 is 5.97 Å². The van der Waals surface area contributed by atoms with Gasteiger partial charge in [0, 0.05) is 31.0 Å². The molecule has 1 amide bonds. The highest BCUT2D eigenvalue weighted by Gasteiger charge is 2.53. The lowest BCUT2D eigenvalue weighted by atomic mass is 9.74. The predicted molar refractivity (Wildman–Crippen MR) is 100 cm³/mol. The average Bonchev–Trinajstić information content (AvgIpc) is 2.91. The van der Waals surface area contributed by atoms with E-state index in [9.17, 15) is 27.5 Å². The van der Waals surface area contributed by atoms with Crippen LogP contribution in [-0.4, -0.2) is 54.3 Å². The Hall–Kier alpha value is -2.85. The van der Waals surface area contributed by atoms with Crippen molar-refractivity contribution in [3.05, 3.63) is 54.1 Å². The molecule has 3 heterocycles. The smallest absolute Gasteiger partial charge is 0.323 e. The molecule has 1 fully saturated rings. The standard InChI is InChI=1S/C19H18FN3O5S/c20-14-3-1-2-4-16(14)29(27,28)22-9-6-19(7-10-22)13-11-21-8-5-15(13)23(18(19)26)12-17(24)25/h1-5,8,11H,6-7,9-10,12H2,(H,24,25). The first kappa shape index (κ1) is 19.5. The maximum absolute atomic E-state index is 14.0. The third-order valence-corrected chi connectivity index (χ3v) is 7.51. The van der Waals surface area contributed by atoms with Crippen LogP contribution in [0, 0.1) is 5.82 Å². The molecule has 2 aliphatic rings. The Morgan fingerprint density at radius 2 is 1.90 bits per heavy atom. The molecule has 2 aromatic rings. The molecule has 10 heteroatoms. The second-order valence-corrected chi connectivity index (χ2v) is 9.00. The summed E-state index contributed by atoms with van der Waals surface area (Å²) in [4.78, 5) is 29.3. The van der Waals surface area contributed by atoms with Gasteiger partial charge < -0.3 is 10.0 Å². The summed E-state index contributed by atoms with van der Waals surface area (Å²) in [6.07, 6.45) is 3.34. The van der Waals surface area contributed by atoms with E-state index in [0.29, 0.717) is 11.3 Å². The van der Waals surface area contributed by atoms with Gasteiger partial charge in [0.05, 0.1) is 11.1 Å². The fourth-order valence-corrected chi connectivity index (χ4v) is 5.66. The number of carboxylic acid groups (broad SMARTS) is 1. The molecule has 0 saturated carbocycles. The molecule has 152 valence electrons. The number of carboxylic acids is 1. The Morgan fingerprint density at radius 3 is 2.55 bits per heavy atom. The number of halogens is 1. The molecule has 4 rings (SSSR count). The zero-order valence-corrected chi connectivity index (χ0v) is 16.1. The number of carbonyl (C=O) groups excluding carboxylic acids is 1. The summed E-state index contributed by atoms with van der Waals surface area (Å²) in [5.74, 6) is -2.34. The van der Waals surface area contributed by atoms with Gasteiger partial charge in [0.1, 0.15) is 17.3 Å². The van der Waals surface area contributed by atoms with Gasteiger partial charge in [-0.15, -0.1) is 0 Å². The number of sulfonamides is 1. The fourth-order valence-electron chi connectivity index (χ4n) is 4.15. The van der Waals surface area contributed by atoms with Crippen LogP contribution in [0.4, 0.5) is 10.1 Å². The molecule has 29 heavy (non-hydrogen) atoms. The first-order valence-electron chi connectivity index (χ1n) is 9.00. The molecule has 1 saturated heterocycles. The molecule has 0 bridgehead atoms. The number of amides is 1. The van der Waals surface area contributed by atoms with Gasteiger partial charge in [0.25, 0.3) is 0 Å². The van der Waals surface area contributed by atoms with Crippen LogP contribution < -0.4 is 4.90 Å². The third-order valence-electron chi connectivity index (χ3n) is 5.58. The number of rotatable bonds is 4. The number of aliphatic carboxylic acids is 1. The van der Waals surface area contributed by atoms with Crippen LogP contribution in [0.25, 0.3) is 0 Å². The number of benzene rings is 1. The Morgan fingerprint density at radius 1 is 1.21 bits per heavy atom. The van der Waals surface area contributed by atoms with Crippen molar-refractivity contribution in [2.24, 2.45) is 0 Å². The number of nitrogens with zero attached hydrogens (tertiary/aromatic N) is 3. The first-order valence-corrected chi connectivity index (χ1v) is 10.4. The van der Waals surface area contributed by atoms with Crippen molar-refractivity contribution in [3.63, 3.8) is 0 Å². The van der Waals surface area contributed by atoms with Crippen LogP contribution in [0.1, 0.15) is 18.4 Å². The Balaban J connectivity index is 1.64. The van der Waals surface area contributed by atoms with E-state index >= 15 is 0 Å². The highest BCUT2D eigenvalue weighted by molar-refractivity contribution is 7.89. The quantitative estimate of drug-likeness (QED) is 0.802. The zero-order chi connectivity index (χ0) is 20.8. The molecule has 2 aliphatic heterocycles. The van der Waals surface area contributed by atoms with E-state index in [4.69, 9.17) is 0 Å². The number of aromatic nitrogens is 1. The van der Waals surface area contributed by atoms with E-state index in [1.54, 1.807) is 6.07 Å². The van der Waals surface area contributed by atoms with E-state index in [-0.39, 0.29) is 31.8 Å². The number of hydrogen-bond acceptors (Lipinski definition) is 5. The van der Waals surface area contributed by atoms with Crippen molar-refractivity contribution in [2.75, 3.05) is 24.5 Å². The lowest BCUT2D eigenvalue weighted by Gasteiger charge is -2.37. The van der Waals surface area contributed by atoms with Gasteiger partial charge in [-0.2, -0.15) is 4.31 Å². The van der Waals surface area contributed by atoms with E-state index < -0.39 is 38.7 Å². The largest absolute Gasteiger partial charge is 0.480 e. The van der Waals surface area contributed by atoms with Gasteiger partial charge in [0.15, 0.2) is 0 Å². The minimum atomic E-state index is -4.04. The minimum Gasteiger partial charge on any atom is -0.480 e. The SMILES string of the molecule is O=C(O)CN1C(=O)C2(CCN(S(=O)(=O)c3ccccc3F)CC2)c2cnccc21. The van der Waals surface area contributed by atoms with E-state index in [1.807, 2.05) is 0 Å². The van der Waals surface area contributed by atoms with Crippen LogP contribution in [0.5, 0.6) is 0 Å². The molecule has 0 aliphatic carbocycles. The van der Waals surface area contributed by atoms with Crippen molar-refractivity contribution in [3.8, 4) is 0 Å². The van der Waals surface area contributed by atoms with E-state index in [1.165, 1.54) is 39.8 Å². The molecular formula is C19H18FN3O5S. The number of hydrogen-bond donors (Lipinski definition) is 1. The first-order chi connectivity index (χ1) is 13.8. The summed E-state index contributed by atoms with van der Waals surface area (Å²) in [6.45, 7) is -0.454. The summed E-state index contributed by atoms with van der Waals surface area (Å²) in [7, 11) is -4.04. The molecule has 1 N–H and O–H groups in total. The highest BCUT2D eigenvalue weighted by atomic mass is 32.2. The summed E-state index contributed by atoms with van der Waals surface area (Å²) < 4.78 is 40.9. The number of carbonyl (C=O) groups is 2. The van der Waals surface area contributed by atoms with Crippen molar-refractivity contribution in [2.45, 2.75) is 23.2 Å². The summed E-state index contributed by atoms with van der Waals surface area (Å²) in [5.41, 5.74) is 0.0623. The van der Waals surface area contributed by atoms with Gasteiger partial charge in [-0.3, -0.25) is 14.6 Å². The molecular weight excluding hydrogens is 401 g/mol. The van der Waals surface area contributed by atoms with Gasteiger partial charge in [-0.05, 0) is 31.0 Å². The highest BCUT2D eigenvalue weighted by Crippen LogP contribution is 2.48. The lowest BCUT2D eigenvalue weighted by molar-refractivity contribution is -0.137. The molecule has 8 nitrogen and oxygen atoms in total. The summed E-state index contributed by atoms with van der Waals surface area (Å²) >= 11 is 0. The van der Waals surface area contributed by atoms with Gasteiger partial charge in [-0.25, -0.2) is 12.8 Å². The second kappa shape index (κ2) is 6.89. The van der Waals surface area contributed by atoms with Gasteiger partial charge in [-0.1, -0.05) is 12.1 Å². The normalized spacial score (nSPS) is 18.8. The van der Waals surface area contributed by atoms with Gasteiger partial charge in [0.2, 0.25) is 15.9 Å². The maximum atomic E-state index is 14.0. The van der Waals surface area contributed by atoms with E-state index in [0.717, 1.165) is 6.07 Å². The monoisotopic (exact) mass is 419 g/mol. The molecule has 0 atom stereocenters. The number of anilines is 1. The molecule has 0 unspecified atom stereocenters. The van der Waals surface area contributed by atoms with Crippen LogP contribution in [-0.2, 0) is 25.0 Å². The minimum absolute atomic E-state index is 0.0116. The van der Waals surface area contributed by atoms with Crippen molar-refractivity contribution in [1.82, 2.24) is 9.29 Å². The number of fused-ring (bicyclic) bond motifs is 2. The van der Waals surface area contributed by atoms with Crippen LogP contribution in [0.15, 0.2) is 47.6 Å². The van der Waals surface area contributed by atoms with Crippen molar-refractivity contribution < 1.29 is 27.5 Å². The molecule has 1 aromatic heterocycles. The van der Waals surface area contributed by atoms with Crippen LogP contribution in [0.2, 0.25) is 0 Å². The van der Waals surface area contributed by atoms with Crippen LogP contribution in [0.3, 0.4) is 0 Å². The molecule has 1 aromatic carbocycles. The second-order valence-electron chi connectivity index (χ2n) is 7.09. The number of pyridine rings is 1. The number of piperidine rings is 1. The van der Waals surface area contributed by atoms with E-state index in [2.05, 4.69) is 4.98 Å². The zero-order valence-electron chi connectivity index (χ0n) is 15.3. The summed E-state index contributed by atoms with van der Waals surface area (Å²) in [6, 6.07) is 6.76. The lowest BCUT2D eigenvalue weighted by Crippen LogP contribution is -2.50. The third kappa shape index (κ3) is 2.99. The predicted octanol–water partition coefficient (Wildman–Crippen LogP) is 1.37. The topological polar surface area (TPSA) is 108 Å². The maximum Gasteiger partial charge on any atom is 0.323 e. The van der Waals surface area contributed by atoms with Crippen LogP contribution >= 0.6 is 0 Å².